The highest BCUT2D eigenvalue weighted by Crippen LogP contribution is 2.11. The Morgan fingerprint density at radius 3 is 2.56 bits per heavy atom. The summed E-state index contributed by atoms with van der Waals surface area (Å²) in [5, 5.41) is 0. The van der Waals surface area contributed by atoms with E-state index in [1.165, 1.54) is 0 Å². The molecule has 0 aromatic carbocycles. The molecule has 0 rings (SSSR count). The first-order valence-corrected chi connectivity index (χ1v) is 3.47. The highest BCUT2D eigenvalue weighted by Gasteiger charge is 2.05. The van der Waals surface area contributed by atoms with Gasteiger partial charge in [0.05, 0.1) is 0 Å². The van der Waals surface area contributed by atoms with Crippen molar-refractivity contribution in [1.82, 2.24) is 0 Å². The van der Waals surface area contributed by atoms with Crippen LogP contribution in [-0.2, 0) is 0 Å². The van der Waals surface area contributed by atoms with Crippen LogP contribution in [0.1, 0.15) is 26.7 Å². The summed E-state index contributed by atoms with van der Waals surface area (Å²) in [4.78, 5) is 0. The summed E-state index contributed by atoms with van der Waals surface area (Å²) < 4.78 is 12.5. The monoisotopic (exact) mass is 130 g/mol. The molecule has 0 aliphatic carbocycles. The molecule has 0 nitrogen and oxygen atoms in total. The van der Waals surface area contributed by atoms with Crippen LogP contribution in [0.2, 0.25) is 0 Å². The molecule has 0 saturated carbocycles. The zero-order valence-electron chi connectivity index (χ0n) is 6.23. The minimum atomic E-state index is -0.641. The minimum absolute atomic E-state index is 0.319. The van der Waals surface area contributed by atoms with Gasteiger partial charge in [0.15, 0.2) is 0 Å². The van der Waals surface area contributed by atoms with Gasteiger partial charge < -0.3 is 0 Å². The third-order valence-electron chi connectivity index (χ3n) is 1.47. The predicted molar refractivity (Wildman–Crippen MR) is 39.2 cm³/mol. The van der Waals surface area contributed by atoms with Crippen molar-refractivity contribution >= 4 is 0 Å². The van der Waals surface area contributed by atoms with E-state index in [0.29, 0.717) is 18.8 Å². The number of hydrogen-bond acceptors (Lipinski definition) is 0. The Balaban J connectivity index is 3.33. The maximum Gasteiger partial charge on any atom is 0.100 e. The average Bonchev–Trinajstić information content (AvgIpc) is 1.87. The number of alkyl halides is 1. The van der Waals surface area contributed by atoms with Crippen molar-refractivity contribution in [2.24, 2.45) is 5.92 Å². The fourth-order valence-corrected chi connectivity index (χ4v) is 0.666. The number of halogens is 1. The molecule has 0 saturated heterocycles. The van der Waals surface area contributed by atoms with Crippen LogP contribution in [0.3, 0.4) is 0 Å². The molecule has 0 aliphatic rings. The van der Waals surface area contributed by atoms with Crippen LogP contribution >= 0.6 is 0 Å². The van der Waals surface area contributed by atoms with Crippen molar-refractivity contribution in [3.63, 3.8) is 0 Å². The smallest absolute Gasteiger partial charge is 0.100 e. The van der Waals surface area contributed by atoms with E-state index in [-0.39, 0.29) is 0 Å². The van der Waals surface area contributed by atoms with Crippen LogP contribution < -0.4 is 0 Å². The molecule has 0 fully saturated rings. The quantitative estimate of drug-likeness (QED) is 0.513. The molecular formula is C8H15F. The first kappa shape index (κ1) is 8.67. The Hall–Kier alpha value is -0.330. The van der Waals surface area contributed by atoms with E-state index in [9.17, 15) is 4.39 Å². The molecule has 0 radical (unpaired) electrons. The summed E-state index contributed by atoms with van der Waals surface area (Å²) in [7, 11) is 0. The van der Waals surface area contributed by atoms with Crippen LogP contribution in [0.15, 0.2) is 12.7 Å². The van der Waals surface area contributed by atoms with Gasteiger partial charge in [-0.05, 0) is 18.8 Å². The zero-order chi connectivity index (χ0) is 7.28. The van der Waals surface area contributed by atoms with E-state index >= 15 is 0 Å². The summed E-state index contributed by atoms with van der Waals surface area (Å²) in [6.45, 7) is 7.42. The molecule has 0 amide bonds. The fraction of sp³-hybridized carbons (Fsp3) is 0.750. The van der Waals surface area contributed by atoms with Crippen molar-refractivity contribution in [2.45, 2.75) is 32.9 Å². The maximum absolute atomic E-state index is 12.5. The van der Waals surface area contributed by atoms with E-state index in [2.05, 4.69) is 6.58 Å². The van der Waals surface area contributed by atoms with Crippen LogP contribution in [0, 0.1) is 5.92 Å². The highest BCUT2D eigenvalue weighted by molar-refractivity contribution is 4.76. The summed E-state index contributed by atoms with van der Waals surface area (Å²) in [5.74, 6) is 0.319. The van der Waals surface area contributed by atoms with Crippen LogP contribution in [0.4, 0.5) is 4.39 Å². The van der Waals surface area contributed by atoms with E-state index in [0.717, 1.165) is 0 Å². The first-order chi connectivity index (χ1) is 4.20. The molecule has 2 unspecified atom stereocenters. The molecule has 0 aliphatic heterocycles. The molecule has 0 bridgehead atoms. The Morgan fingerprint density at radius 2 is 2.22 bits per heavy atom. The van der Waals surface area contributed by atoms with Crippen LogP contribution in [0.5, 0.6) is 0 Å². The SMILES string of the molecule is C=CC(C)CC(F)CC. The van der Waals surface area contributed by atoms with Crippen molar-refractivity contribution in [3.8, 4) is 0 Å². The molecule has 1 heteroatoms. The van der Waals surface area contributed by atoms with Gasteiger partial charge in [-0.3, -0.25) is 0 Å². The van der Waals surface area contributed by atoms with Gasteiger partial charge in [-0.1, -0.05) is 19.9 Å². The zero-order valence-corrected chi connectivity index (χ0v) is 6.23. The topological polar surface area (TPSA) is 0 Å². The fourth-order valence-electron chi connectivity index (χ4n) is 0.666. The normalized spacial score (nSPS) is 16.8. The van der Waals surface area contributed by atoms with Gasteiger partial charge in [0.25, 0.3) is 0 Å². The van der Waals surface area contributed by atoms with E-state index < -0.39 is 6.17 Å². The largest absolute Gasteiger partial charge is 0.247 e. The molecular weight excluding hydrogens is 115 g/mol. The molecule has 54 valence electrons. The lowest BCUT2D eigenvalue weighted by Gasteiger charge is -2.07. The second kappa shape index (κ2) is 4.54. The number of allylic oxidation sites excluding steroid dienone is 1. The molecule has 0 N–H and O–H groups in total. The van der Waals surface area contributed by atoms with Crippen molar-refractivity contribution in [3.05, 3.63) is 12.7 Å². The molecule has 2 atom stereocenters. The summed E-state index contributed by atoms with van der Waals surface area (Å²) in [5.41, 5.74) is 0. The molecule has 0 heterocycles. The lowest BCUT2D eigenvalue weighted by molar-refractivity contribution is 0.284. The van der Waals surface area contributed by atoms with Crippen molar-refractivity contribution in [2.75, 3.05) is 0 Å². The van der Waals surface area contributed by atoms with Gasteiger partial charge >= 0.3 is 0 Å². The van der Waals surface area contributed by atoms with Gasteiger partial charge in [0.2, 0.25) is 0 Å². The van der Waals surface area contributed by atoms with Gasteiger partial charge in [0, 0.05) is 0 Å². The summed E-state index contributed by atoms with van der Waals surface area (Å²) in [6.07, 6.45) is 2.40. The number of rotatable bonds is 4. The summed E-state index contributed by atoms with van der Waals surface area (Å²) in [6, 6.07) is 0. The van der Waals surface area contributed by atoms with Crippen LogP contribution in [-0.4, -0.2) is 6.17 Å². The molecule has 0 aromatic rings. The molecule has 0 spiro atoms. The predicted octanol–water partition coefficient (Wildman–Crippen LogP) is 2.95. The Kier molecular flexibility index (Phi) is 4.37. The standard InChI is InChI=1S/C8H15F/c1-4-7(3)6-8(9)5-2/h4,7-8H,1,5-6H2,2-3H3. The second-order valence-electron chi connectivity index (χ2n) is 2.45. The maximum atomic E-state index is 12.5. The van der Waals surface area contributed by atoms with Crippen molar-refractivity contribution < 1.29 is 4.39 Å². The molecule has 0 aromatic heterocycles. The summed E-state index contributed by atoms with van der Waals surface area (Å²) >= 11 is 0. The first-order valence-electron chi connectivity index (χ1n) is 3.47. The highest BCUT2D eigenvalue weighted by atomic mass is 19.1. The van der Waals surface area contributed by atoms with Gasteiger partial charge in [-0.2, -0.15) is 0 Å². The van der Waals surface area contributed by atoms with Gasteiger partial charge in [-0.15, -0.1) is 6.58 Å². The van der Waals surface area contributed by atoms with Crippen molar-refractivity contribution in [1.29, 1.82) is 0 Å². The Labute approximate surface area is 56.8 Å². The number of hydrogen-bond donors (Lipinski definition) is 0. The third kappa shape index (κ3) is 4.19. The average molecular weight is 130 g/mol. The Morgan fingerprint density at radius 1 is 1.67 bits per heavy atom. The minimum Gasteiger partial charge on any atom is -0.247 e. The van der Waals surface area contributed by atoms with Gasteiger partial charge in [0.1, 0.15) is 6.17 Å². The lowest BCUT2D eigenvalue weighted by atomic mass is 10.0. The Bertz CT molecular complexity index is 78.6. The van der Waals surface area contributed by atoms with E-state index in [1.54, 1.807) is 6.08 Å². The lowest BCUT2D eigenvalue weighted by Crippen LogP contribution is -2.02. The second-order valence-corrected chi connectivity index (χ2v) is 2.45. The van der Waals surface area contributed by atoms with Gasteiger partial charge in [-0.25, -0.2) is 4.39 Å². The van der Waals surface area contributed by atoms with E-state index in [4.69, 9.17) is 0 Å². The third-order valence-corrected chi connectivity index (χ3v) is 1.47. The van der Waals surface area contributed by atoms with Crippen LogP contribution in [0.25, 0.3) is 0 Å². The van der Waals surface area contributed by atoms with E-state index in [1.807, 2.05) is 13.8 Å². The molecule has 9 heavy (non-hydrogen) atoms.